The zero-order valence-corrected chi connectivity index (χ0v) is 17.6. The molecule has 102 valence electrons. The van der Waals surface area contributed by atoms with E-state index in [0.717, 1.165) is 0 Å². The average molecular weight is 394 g/mol. The normalized spacial score (nSPS) is 22.6. The SMILES string of the molecule is CC1=[C-]C(C)([Si](C)(C)C)C(C)=C1C.Cl.Cl.Cl.[Zr]. The Bertz CT molecular complexity index is 305. The van der Waals surface area contributed by atoms with Crippen LogP contribution < -0.4 is 0 Å². The minimum Gasteiger partial charge on any atom is -0.266 e. The van der Waals surface area contributed by atoms with Gasteiger partial charge in [-0.05, 0) is 0 Å². The quantitative estimate of drug-likeness (QED) is 0.410. The predicted molar refractivity (Wildman–Crippen MR) is 84.3 cm³/mol. The molecule has 0 aromatic heterocycles. The van der Waals surface area contributed by atoms with Crippen LogP contribution in [0.25, 0.3) is 0 Å². The fraction of sp³-hybridized carbons (Fsp3) is 0.667. The number of allylic oxidation sites excluding steroid dienone is 4. The molecule has 1 unspecified atom stereocenters. The molecule has 0 aromatic rings. The summed E-state index contributed by atoms with van der Waals surface area (Å²) in [7, 11) is -1.18. The topological polar surface area (TPSA) is 0 Å². The standard InChI is InChI=1S/C12H21Si.3ClH.Zr/c1-9-8-12(4,13(5,6)7)11(3)10(9)2;;;;/h1-7H3;3*1H;/q-1;;;;. The molecular formula is C12H24Cl3SiZr-. The van der Waals surface area contributed by atoms with Crippen LogP contribution in [0.5, 0.6) is 0 Å². The first kappa shape index (κ1) is 26.9. The van der Waals surface area contributed by atoms with Crippen LogP contribution in [0, 0.1) is 6.08 Å². The molecule has 0 N–H and O–H groups in total. The molecule has 0 saturated carbocycles. The first-order valence-electron chi connectivity index (χ1n) is 5.00. The third-order valence-electron chi connectivity index (χ3n) is 3.81. The summed E-state index contributed by atoms with van der Waals surface area (Å²) in [6.45, 7) is 16.3. The van der Waals surface area contributed by atoms with Gasteiger partial charge in [-0.1, -0.05) is 45.5 Å². The van der Waals surface area contributed by atoms with Crippen LogP contribution >= 0.6 is 37.2 Å². The minimum atomic E-state index is -1.18. The second kappa shape index (κ2) is 8.59. The molecule has 1 atom stereocenters. The van der Waals surface area contributed by atoms with Crippen molar-refractivity contribution in [2.24, 2.45) is 0 Å². The molecule has 0 spiro atoms. The largest absolute Gasteiger partial charge is 0.266 e. The number of halogens is 3. The summed E-state index contributed by atoms with van der Waals surface area (Å²) in [6.07, 6.45) is 3.67. The van der Waals surface area contributed by atoms with Crippen molar-refractivity contribution in [3.05, 3.63) is 22.8 Å². The van der Waals surface area contributed by atoms with Crippen LogP contribution in [0.2, 0.25) is 24.7 Å². The zero-order chi connectivity index (χ0) is 10.4. The van der Waals surface area contributed by atoms with Crippen LogP contribution in [-0.4, -0.2) is 8.07 Å². The first-order valence-corrected chi connectivity index (χ1v) is 8.50. The maximum Gasteiger partial charge on any atom is 0.0388 e. The van der Waals surface area contributed by atoms with Crippen LogP contribution in [0.15, 0.2) is 16.7 Å². The molecule has 0 fully saturated rings. The molecule has 5 heteroatoms. The Hall–Kier alpha value is 1.45. The predicted octanol–water partition coefficient (Wildman–Crippen LogP) is 5.45. The number of hydrogen-bond acceptors (Lipinski definition) is 0. The molecule has 17 heavy (non-hydrogen) atoms. The van der Waals surface area contributed by atoms with Gasteiger partial charge >= 0.3 is 0 Å². The van der Waals surface area contributed by atoms with Gasteiger partial charge in [0, 0.05) is 34.3 Å². The summed E-state index contributed by atoms with van der Waals surface area (Å²) >= 11 is 0. The molecule has 0 aliphatic heterocycles. The Morgan fingerprint density at radius 2 is 1.29 bits per heavy atom. The molecule has 0 heterocycles. The molecular weight excluding hydrogens is 370 g/mol. The Labute approximate surface area is 145 Å². The van der Waals surface area contributed by atoms with Gasteiger partial charge in [0.05, 0.1) is 0 Å². The smallest absolute Gasteiger partial charge is 0.0388 e. The molecule has 0 radical (unpaired) electrons. The maximum atomic E-state index is 3.67. The van der Waals surface area contributed by atoms with Gasteiger partial charge in [-0.2, -0.15) is 11.1 Å². The van der Waals surface area contributed by atoms with E-state index in [-0.39, 0.29) is 68.5 Å². The van der Waals surface area contributed by atoms with Crippen LogP contribution in [0.4, 0.5) is 0 Å². The van der Waals surface area contributed by atoms with E-state index in [9.17, 15) is 0 Å². The van der Waals surface area contributed by atoms with E-state index in [1.165, 1.54) is 11.1 Å². The van der Waals surface area contributed by atoms with Crippen molar-refractivity contribution in [1.29, 1.82) is 0 Å². The average Bonchev–Trinajstić information content (AvgIpc) is 2.15. The van der Waals surface area contributed by atoms with Gasteiger partial charge in [-0.15, -0.1) is 44.1 Å². The summed E-state index contributed by atoms with van der Waals surface area (Å²) in [5, 5.41) is 0.265. The van der Waals surface area contributed by atoms with Gasteiger partial charge in [-0.3, -0.25) is 6.08 Å². The van der Waals surface area contributed by atoms with Crippen molar-refractivity contribution >= 4 is 45.3 Å². The van der Waals surface area contributed by atoms with E-state index in [1.54, 1.807) is 5.57 Å². The van der Waals surface area contributed by atoms with Crippen LogP contribution in [-0.2, 0) is 26.2 Å². The van der Waals surface area contributed by atoms with Gasteiger partial charge in [0.2, 0.25) is 0 Å². The van der Waals surface area contributed by atoms with Crippen molar-refractivity contribution in [2.45, 2.75) is 52.4 Å². The Balaban J connectivity index is -0.000000211. The fourth-order valence-electron chi connectivity index (χ4n) is 1.97. The molecule has 0 nitrogen and oxygen atoms in total. The number of rotatable bonds is 1. The van der Waals surface area contributed by atoms with Gasteiger partial charge in [0.25, 0.3) is 0 Å². The second-order valence-electron chi connectivity index (χ2n) is 5.38. The van der Waals surface area contributed by atoms with E-state index in [1.807, 2.05) is 0 Å². The van der Waals surface area contributed by atoms with Crippen molar-refractivity contribution in [3.63, 3.8) is 0 Å². The third kappa shape index (κ3) is 4.80. The van der Waals surface area contributed by atoms with Gasteiger partial charge in [-0.25, -0.2) is 5.57 Å². The summed E-state index contributed by atoms with van der Waals surface area (Å²) in [5.74, 6) is 0. The van der Waals surface area contributed by atoms with Crippen molar-refractivity contribution in [1.82, 2.24) is 0 Å². The monoisotopic (exact) mass is 391 g/mol. The summed E-state index contributed by atoms with van der Waals surface area (Å²) in [5.41, 5.74) is 4.37. The third-order valence-corrected chi connectivity index (χ3v) is 7.31. The molecule has 1 aliphatic rings. The van der Waals surface area contributed by atoms with Gasteiger partial charge < -0.3 is 0 Å². The van der Waals surface area contributed by atoms with E-state index >= 15 is 0 Å². The molecule has 1 rings (SSSR count). The summed E-state index contributed by atoms with van der Waals surface area (Å²) in [4.78, 5) is 0. The van der Waals surface area contributed by atoms with Crippen molar-refractivity contribution in [3.8, 4) is 0 Å². The number of hydrogen-bond donors (Lipinski definition) is 0. The summed E-state index contributed by atoms with van der Waals surface area (Å²) < 4.78 is 0. The Morgan fingerprint density at radius 3 is 1.41 bits per heavy atom. The van der Waals surface area contributed by atoms with Crippen LogP contribution in [0.1, 0.15) is 27.7 Å². The van der Waals surface area contributed by atoms with Crippen molar-refractivity contribution < 1.29 is 26.2 Å². The first-order chi connectivity index (χ1) is 5.70. The molecule has 0 bridgehead atoms. The van der Waals surface area contributed by atoms with Gasteiger partial charge in [0.1, 0.15) is 0 Å². The van der Waals surface area contributed by atoms with E-state index in [0.29, 0.717) is 0 Å². The molecule has 0 saturated heterocycles. The Morgan fingerprint density at radius 1 is 0.941 bits per heavy atom. The van der Waals surface area contributed by atoms with Gasteiger partial charge in [0.15, 0.2) is 0 Å². The maximum absolute atomic E-state index is 3.67. The minimum absolute atomic E-state index is 0. The molecule has 0 amide bonds. The second-order valence-corrected chi connectivity index (χ2v) is 10.9. The fourth-order valence-corrected chi connectivity index (χ4v) is 3.84. The molecule has 1 aliphatic carbocycles. The molecule has 0 aromatic carbocycles. The Kier molecular flexibility index (Phi) is 13.6. The van der Waals surface area contributed by atoms with Crippen LogP contribution in [0.3, 0.4) is 0 Å². The zero-order valence-electron chi connectivity index (χ0n) is 11.7. The van der Waals surface area contributed by atoms with Crippen molar-refractivity contribution in [2.75, 3.05) is 0 Å². The summed E-state index contributed by atoms with van der Waals surface area (Å²) in [6, 6.07) is 0. The van der Waals surface area contributed by atoms with E-state index < -0.39 is 8.07 Å². The van der Waals surface area contributed by atoms with E-state index in [2.05, 4.69) is 53.4 Å². The van der Waals surface area contributed by atoms with E-state index in [4.69, 9.17) is 0 Å².